The zero-order valence-electron chi connectivity index (χ0n) is 33.7. The first kappa shape index (κ1) is 38.7. The fraction of sp³-hybridized carbons (Fsp3) is 0.565. The molecule has 1 aromatic rings. The minimum atomic E-state index is -0.862. The summed E-state index contributed by atoms with van der Waals surface area (Å²) in [4.78, 5) is 35.8. The van der Waals surface area contributed by atoms with Crippen molar-refractivity contribution in [2.75, 3.05) is 57.9 Å². The lowest BCUT2D eigenvalue weighted by Gasteiger charge is -2.44. The molecule has 3 atom stereocenters. The fourth-order valence-electron chi connectivity index (χ4n) is 9.88. The van der Waals surface area contributed by atoms with Gasteiger partial charge in [0.2, 0.25) is 0 Å². The number of benzene rings is 1. The third-order valence-corrected chi connectivity index (χ3v) is 13.1. The van der Waals surface area contributed by atoms with Gasteiger partial charge in [-0.15, -0.1) is 0 Å². The highest BCUT2D eigenvalue weighted by atomic mass is 16.5. The van der Waals surface area contributed by atoms with Crippen LogP contribution in [0.1, 0.15) is 95.6 Å². The van der Waals surface area contributed by atoms with E-state index in [9.17, 15) is 14.7 Å². The van der Waals surface area contributed by atoms with Gasteiger partial charge < -0.3 is 34.6 Å². The molecule has 3 aliphatic carbocycles. The third kappa shape index (κ3) is 8.29. The molecule has 3 unspecified atom stereocenters. The highest BCUT2D eigenvalue weighted by molar-refractivity contribution is 6.08. The van der Waals surface area contributed by atoms with E-state index in [1.807, 2.05) is 47.3 Å². The molecule has 3 saturated heterocycles. The van der Waals surface area contributed by atoms with Gasteiger partial charge in [-0.25, -0.2) is 0 Å². The van der Waals surface area contributed by atoms with Crippen LogP contribution in [0.2, 0.25) is 0 Å². The van der Waals surface area contributed by atoms with E-state index in [1.54, 1.807) is 0 Å². The number of fused-ring (bicyclic) bond motifs is 2. The molecule has 2 N–H and O–H groups in total. The van der Waals surface area contributed by atoms with Gasteiger partial charge in [-0.1, -0.05) is 31.1 Å². The Balaban J connectivity index is 1.07. The first-order chi connectivity index (χ1) is 27.2. The molecule has 4 heterocycles. The molecule has 0 spiro atoms. The number of carbonyl (C=O) groups excluding carboxylic acids is 2. The second kappa shape index (κ2) is 17.2. The average Bonchev–Trinajstić information content (AvgIpc) is 3.57. The predicted octanol–water partition coefficient (Wildman–Crippen LogP) is 6.77. The average molecular weight is 764 g/mol. The molecular weight excluding hydrogens is 703 g/mol. The zero-order valence-corrected chi connectivity index (χ0v) is 33.7. The number of aliphatic hydroxyl groups is 1. The highest BCUT2D eigenvalue weighted by Crippen LogP contribution is 2.45. The van der Waals surface area contributed by atoms with Crippen molar-refractivity contribution in [2.24, 2.45) is 11.8 Å². The number of esters is 1. The van der Waals surface area contributed by atoms with Gasteiger partial charge >= 0.3 is 5.97 Å². The topological polar surface area (TPSA) is 97.8 Å². The molecule has 300 valence electrons. The minimum Gasteiger partial charge on any atom is -0.461 e. The van der Waals surface area contributed by atoms with Gasteiger partial charge in [-0.2, -0.15) is 0 Å². The summed E-state index contributed by atoms with van der Waals surface area (Å²) in [5.41, 5.74) is 10.3. The molecule has 0 bridgehead atoms. The number of anilines is 1. The quantitative estimate of drug-likeness (QED) is 0.279. The molecule has 56 heavy (non-hydrogen) atoms. The molecule has 0 radical (unpaired) electrons. The van der Waals surface area contributed by atoms with Gasteiger partial charge in [0.1, 0.15) is 6.61 Å². The number of rotatable bonds is 8. The Morgan fingerprint density at radius 3 is 2.57 bits per heavy atom. The molecular formula is C46H61N5O5. The van der Waals surface area contributed by atoms with Gasteiger partial charge in [0.25, 0.3) is 5.91 Å². The number of nitrogens with zero attached hydrogens (tertiary/aromatic N) is 4. The van der Waals surface area contributed by atoms with Crippen LogP contribution < -0.4 is 10.2 Å². The van der Waals surface area contributed by atoms with E-state index in [4.69, 9.17) is 9.47 Å². The molecule has 0 saturated carbocycles. The molecule has 1 aromatic carbocycles. The summed E-state index contributed by atoms with van der Waals surface area (Å²) < 4.78 is 11.2. The summed E-state index contributed by atoms with van der Waals surface area (Å²) in [7, 11) is 1.88. The molecule has 7 aliphatic rings. The number of hydrogen-bond donors (Lipinski definition) is 2. The summed E-state index contributed by atoms with van der Waals surface area (Å²) in [5.74, 6) is 0.504. The van der Waals surface area contributed by atoms with Crippen LogP contribution in [-0.4, -0.2) is 96.9 Å². The van der Waals surface area contributed by atoms with Crippen molar-refractivity contribution in [3.63, 3.8) is 0 Å². The standard InChI is InChI=1S/C46H61N5O5/c1-31-10-8-12-35(17-18-36(24-31)49-20-22-50(23-21-49)37-28-55-29-37)47-43-26-34(27-48(3)46(43)54)39-15-9-16-44(42(39)30-56-32(2)52)51-19-7-6-14-40-38-13-5-4-11-33(38)25-41(40)45(51)53/h9,15-18,25-27,31,37,40,46-47,54H,4-8,10-14,19-24,28-30H2,1-3H3/b35-17+,36-18+. The summed E-state index contributed by atoms with van der Waals surface area (Å²) >= 11 is 0. The largest absolute Gasteiger partial charge is 0.461 e. The molecule has 8 rings (SSSR count). The Kier molecular flexibility index (Phi) is 11.9. The summed E-state index contributed by atoms with van der Waals surface area (Å²) in [6.45, 7) is 10.4. The van der Waals surface area contributed by atoms with Crippen LogP contribution in [0, 0.1) is 11.8 Å². The van der Waals surface area contributed by atoms with E-state index >= 15 is 0 Å². The number of piperazine rings is 1. The van der Waals surface area contributed by atoms with Crippen LogP contribution >= 0.6 is 0 Å². The molecule has 0 aromatic heterocycles. The SMILES string of the molecule is CC(=O)OCc1c(C2=CN(C)C(O)C(N/C3=C/C=C(/N4CCN(C5COC5)CC4)CC(C)CCC3)=C2)cccc1N1CCCCC2C(=CC3=C2CCCC3)C1=O. The lowest BCUT2D eigenvalue weighted by atomic mass is 9.83. The van der Waals surface area contributed by atoms with Crippen molar-refractivity contribution in [1.29, 1.82) is 0 Å². The number of aliphatic hydroxyl groups excluding tert-OH is 1. The maximum Gasteiger partial charge on any atom is 0.302 e. The summed E-state index contributed by atoms with van der Waals surface area (Å²) in [6.07, 6.45) is 21.5. The Hall–Kier alpha value is -4.12. The van der Waals surface area contributed by atoms with Crippen LogP contribution in [-0.2, 0) is 25.7 Å². The lowest BCUT2D eigenvalue weighted by Crippen LogP contribution is -2.56. The van der Waals surface area contributed by atoms with E-state index in [0.29, 0.717) is 24.2 Å². The summed E-state index contributed by atoms with van der Waals surface area (Å²) in [6, 6.07) is 6.61. The van der Waals surface area contributed by atoms with Crippen LogP contribution in [0.25, 0.3) is 5.57 Å². The van der Waals surface area contributed by atoms with E-state index in [1.165, 1.54) is 36.6 Å². The first-order valence-corrected chi connectivity index (χ1v) is 21.3. The summed E-state index contributed by atoms with van der Waals surface area (Å²) in [5, 5.41) is 15.2. The van der Waals surface area contributed by atoms with Crippen molar-refractivity contribution in [2.45, 2.75) is 103 Å². The lowest BCUT2D eigenvalue weighted by molar-refractivity contribution is -0.142. The maximum atomic E-state index is 14.6. The third-order valence-electron chi connectivity index (χ3n) is 13.1. The van der Waals surface area contributed by atoms with E-state index in [2.05, 4.69) is 40.3 Å². The maximum absolute atomic E-state index is 14.6. The van der Waals surface area contributed by atoms with Crippen molar-refractivity contribution in [3.05, 3.63) is 93.6 Å². The second-order valence-corrected chi connectivity index (χ2v) is 17.1. The first-order valence-electron chi connectivity index (χ1n) is 21.3. The number of likely N-dealkylation sites (N-methyl/N-ethyl adjacent to an activating group) is 1. The highest BCUT2D eigenvalue weighted by Gasteiger charge is 2.37. The molecule has 4 aliphatic heterocycles. The fourth-order valence-corrected chi connectivity index (χ4v) is 9.88. The number of hydrogen-bond acceptors (Lipinski definition) is 9. The van der Waals surface area contributed by atoms with Crippen molar-refractivity contribution in [1.82, 2.24) is 20.0 Å². The van der Waals surface area contributed by atoms with Gasteiger partial charge in [-0.05, 0) is 117 Å². The second-order valence-electron chi connectivity index (χ2n) is 17.1. The Labute approximate surface area is 333 Å². The number of ether oxygens (including phenoxy) is 2. The monoisotopic (exact) mass is 763 g/mol. The minimum absolute atomic E-state index is 0.0433. The number of carbonyl (C=O) groups is 2. The Morgan fingerprint density at radius 1 is 0.964 bits per heavy atom. The van der Waals surface area contributed by atoms with E-state index in [0.717, 1.165) is 131 Å². The molecule has 10 heteroatoms. The Bertz CT molecular complexity index is 1860. The van der Waals surface area contributed by atoms with Crippen LogP contribution in [0.15, 0.2) is 82.5 Å². The van der Waals surface area contributed by atoms with Gasteiger partial charge in [0.05, 0.1) is 30.6 Å². The zero-order chi connectivity index (χ0) is 38.8. The predicted molar refractivity (Wildman–Crippen MR) is 220 cm³/mol. The number of nitrogens with one attached hydrogen (secondary N) is 1. The van der Waals surface area contributed by atoms with Crippen LogP contribution in [0.3, 0.4) is 0 Å². The van der Waals surface area contributed by atoms with Gasteiger partial charge in [0.15, 0.2) is 6.23 Å². The molecule has 1 amide bonds. The van der Waals surface area contributed by atoms with Crippen LogP contribution in [0.4, 0.5) is 5.69 Å². The molecule has 3 fully saturated rings. The van der Waals surface area contributed by atoms with Crippen molar-refractivity contribution >= 4 is 23.1 Å². The van der Waals surface area contributed by atoms with E-state index < -0.39 is 6.23 Å². The number of amides is 1. The van der Waals surface area contributed by atoms with E-state index in [-0.39, 0.29) is 24.4 Å². The smallest absolute Gasteiger partial charge is 0.302 e. The molecule has 10 nitrogen and oxygen atoms in total. The van der Waals surface area contributed by atoms with Gasteiger partial charge in [0, 0.05) is 81.3 Å². The van der Waals surface area contributed by atoms with Crippen LogP contribution in [0.5, 0.6) is 0 Å². The Morgan fingerprint density at radius 2 is 1.79 bits per heavy atom. The normalized spacial score (nSPS) is 28.7. The van der Waals surface area contributed by atoms with Crippen molar-refractivity contribution in [3.8, 4) is 0 Å². The number of allylic oxidation sites excluding steroid dienone is 9. The van der Waals surface area contributed by atoms with Crippen molar-refractivity contribution < 1.29 is 24.2 Å². The van der Waals surface area contributed by atoms with Gasteiger partial charge in [-0.3, -0.25) is 14.5 Å².